The fourth-order valence-corrected chi connectivity index (χ4v) is 4.45. The second-order valence-electron chi connectivity index (χ2n) is 7.35. The van der Waals surface area contributed by atoms with E-state index >= 15 is 0 Å². The van der Waals surface area contributed by atoms with E-state index in [1.807, 2.05) is 48.5 Å². The summed E-state index contributed by atoms with van der Waals surface area (Å²) in [5.41, 5.74) is 2.67. The van der Waals surface area contributed by atoms with Crippen LogP contribution in [0.25, 0.3) is 0 Å². The van der Waals surface area contributed by atoms with Crippen molar-refractivity contribution in [2.75, 3.05) is 11.1 Å². The summed E-state index contributed by atoms with van der Waals surface area (Å²) < 4.78 is 11.7. The smallest absolute Gasteiger partial charge is 0.322 e. The van der Waals surface area contributed by atoms with Gasteiger partial charge in [0.1, 0.15) is 11.5 Å². The molecule has 6 nitrogen and oxygen atoms in total. The van der Waals surface area contributed by atoms with Crippen molar-refractivity contribution in [1.29, 1.82) is 0 Å². The summed E-state index contributed by atoms with van der Waals surface area (Å²) in [5.74, 6) is 2.04. The number of carbonyl (C=O) groups excluding carboxylic acids is 1. The third-order valence-corrected chi connectivity index (χ3v) is 6.12. The van der Waals surface area contributed by atoms with Crippen molar-refractivity contribution >= 4 is 23.7 Å². The van der Waals surface area contributed by atoms with Crippen LogP contribution >= 0.6 is 11.8 Å². The fourth-order valence-electron chi connectivity index (χ4n) is 3.79. The first-order chi connectivity index (χ1) is 15.7. The number of aromatic nitrogens is 2. The van der Waals surface area contributed by atoms with Crippen molar-refractivity contribution in [2.45, 2.75) is 24.2 Å². The minimum Gasteiger partial charge on any atom is -0.457 e. The van der Waals surface area contributed by atoms with Gasteiger partial charge in [0.05, 0.1) is 12.3 Å². The van der Waals surface area contributed by atoms with E-state index in [2.05, 4.69) is 46.7 Å². The molecule has 0 spiro atoms. The maximum Gasteiger partial charge on any atom is 0.322 e. The van der Waals surface area contributed by atoms with Gasteiger partial charge in [0, 0.05) is 16.0 Å². The molecule has 3 aromatic carbocycles. The molecule has 1 N–H and O–H groups in total. The molecule has 0 bridgehead atoms. The van der Waals surface area contributed by atoms with E-state index in [4.69, 9.17) is 9.15 Å². The molecule has 4 aromatic rings. The van der Waals surface area contributed by atoms with Crippen LogP contribution in [-0.2, 0) is 11.2 Å². The van der Waals surface area contributed by atoms with Crippen molar-refractivity contribution in [2.24, 2.45) is 0 Å². The van der Waals surface area contributed by atoms with Crippen molar-refractivity contribution in [1.82, 2.24) is 10.2 Å². The Morgan fingerprint density at radius 3 is 2.25 bits per heavy atom. The Hall–Kier alpha value is -3.58. The van der Waals surface area contributed by atoms with E-state index < -0.39 is 5.92 Å². The summed E-state index contributed by atoms with van der Waals surface area (Å²) in [6.45, 7) is 2.13. The number of fused-ring (bicyclic) bond motifs is 2. The lowest BCUT2D eigenvalue weighted by molar-refractivity contribution is -0.117. The van der Waals surface area contributed by atoms with E-state index in [-0.39, 0.29) is 11.9 Å². The standard InChI is InChI=1S/C25H21N3O3S/c1-2-32-17-13-11-16(12-14-17)15-22-27-28-25(31-22)26-24(29)23-18-7-3-5-9-20(18)30-21-10-6-4-8-19(21)23/h3-14,23H,2,15H2,1H3,(H,26,28,29). The number of hydrogen-bond acceptors (Lipinski definition) is 6. The molecule has 0 unspecified atom stereocenters. The van der Waals surface area contributed by atoms with Gasteiger partial charge in [-0.25, -0.2) is 0 Å². The lowest BCUT2D eigenvalue weighted by atomic mass is 9.87. The quantitative estimate of drug-likeness (QED) is 0.388. The van der Waals surface area contributed by atoms with E-state index in [9.17, 15) is 4.79 Å². The monoisotopic (exact) mass is 443 g/mol. The van der Waals surface area contributed by atoms with Crippen molar-refractivity contribution in [3.8, 4) is 11.5 Å². The van der Waals surface area contributed by atoms with E-state index in [0.29, 0.717) is 23.8 Å². The summed E-state index contributed by atoms with van der Waals surface area (Å²) in [5, 5.41) is 10.9. The molecule has 160 valence electrons. The van der Waals surface area contributed by atoms with E-state index in [1.54, 1.807) is 11.8 Å². The number of ether oxygens (including phenoxy) is 1. The Morgan fingerprint density at radius 2 is 1.59 bits per heavy atom. The summed E-state index contributed by atoms with van der Waals surface area (Å²) in [4.78, 5) is 14.5. The summed E-state index contributed by atoms with van der Waals surface area (Å²) in [6.07, 6.45) is 0.503. The van der Waals surface area contributed by atoms with Gasteiger partial charge in [-0.2, -0.15) is 0 Å². The highest BCUT2D eigenvalue weighted by Gasteiger charge is 2.33. The first-order valence-electron chi connectivity index (χ1n) is 10.4. The minimum atomic E-state index is -0.532. The average Bonchev–Trinajstić information content (AvgIpc) is 3.25. The van der Waals surface area contributed by atoms with Gasteiger partial charge in [0.15, 0.2) is 0 Å². The largest absolute Gasteiger partial charge is 0.457 e. The summed E-state index contributed by atoms with van der Waals surface area (Å²) in [6, 6.07) is 23.4. The van der Waals surface area contributed by atoms with Crippen LogP contribution in [-0.4, -0.2) is 21.9 Å². The average molecular weight is 444 g/mol. The van der Waals surface area contributed by atoms with Crippen LogP contribution in [0.4, 0.5) is 6.01 Å². The number of carbonyl (C=O) groups is 1. The molecule has 0 fully saturated rings. The fraction of sp³-hybridized carbons (Fsp3) is 0.160. The molecule has 0 saturated carbocycles. The van der Waals surface area contributed by atoms with Crippen LogP contribution in [0.1, 0.15) is 35.4 Å². The van der Waals surface area contributed by atoms with Crippen molar-refractivity contribution in [3.63, 3.8) is 0 Å². The highest BCUT2D eigenvalue weighted by molar-refractivity contribution is 7.99. The number of para-hydroxylation sites is 2. The van der Waals surface area contributed by atoms with Crippen LogP contribution in [0, 0.1) is 0 Å². The molecule has 0 radical (unpaired) electrons. The normalized spacial score (nSPS) is 12.5. The molecule has 1 aliphatic rings. The molecule has 1 amide bonds. The highest BCUT2D eigenvalue weighted by Crippen LogP contribution is 2.44. The van der Waals surface area contributed by atoms with Gasteiger partial charge >= 0.3 is 6.01 Å². The maximum absolute atomic E-state index is 13.3. The number of anilines is 1. The van der Waals surface area contributed by atoms with E-state index in [0.717, 1.165) is 22.4 Å². The zero-order valence-electron chi connectivity index (χ0n) is 17.4. The highest BCUT2D eigenvalue weighted by atomic mass is 32.2. The molecule has 0 atom stereocenters. The van der Waals surface area contributed by atoms with Gasteiger partial charge in [-0.3, -0.25) is 10.1 Å². The number of nitrogens with zero attached hydrogens (tertiary/aromatic N) is 2. The Bertz CT molecular complexity index is 1210. The molecule has 32 heavy (non-hydrogen) atoms. The number of benzene rings is 3. The van der Waals surface area contributed by atoms with Crippen molar-refractivity contribution < 1.29 is 13.9 Å². The molecule has 0 saturated heterocycles. The minimum absolute atomic E-state index is 0.0876. The molecule has 1 aromatic heterocycles. The Morgan fingerprint density at radius 1 is 0.938 bits per heavy atom. The molecule has 2 heterocycles. The second kappa shape index (κ2) is 8.88. The first-order valence-corrected chi connectivity index (χ1v) is 11.4. The van der Waals surface area contributed by atoms with Crippen LogP contribution in [0.15, 0.2) is 82.1 Å². The van der Waals surface area contributed by atoms with Crippen LogP contribution in [0.3, 0.4) is 0 Å². The van der Waals surface area contributed by atoms with Crippen molar-refractivity contribution in [3.05, 3.63) is 95.4 Å². The van der Waals surface area contributed by atoms with Gasteiger partial charge in [-0.1, -0.05) is 60.6 Å². The number of amides is 1. The number of thioether (sulfide) groups is 1. The molecule has 1 aliphatic heterocycles. The second-order valence-corrected chi connectivity index (χ2v) is 8.69. The first kappa shape index (κ1) is 20.3. The number of hydrogen-bond donors (Lipinski definition) is 1. The van der Waals surface area contributed by atoms with Gasteiger partial charge in [0.2, 0.25) is 11.8 Å². The third-order valence-electron chi connectivity index (χ3n) is 5.23. The number of rotatable bonds is 6. The molecule has 5 rings (SSSR count). The SMILES string of the molecule is CCSc1ccc(Cc2nnc(NC(=O)C3c4ccccc4Oc4ccccc43)o2)cc1. The number of nitrogens with one attached hydrogen (secondary N) is 1. The Balaban J connectivity index is 1.34. The maximum atomic E-state index is 13.3. The van der Waals surface area contributed by atoms with Crippen LogP contribution in [0.5, 0.6) is 11.5 Å². The Labute approximate surface area is 190 Å². The molecular weight excluding hydrogens is 422 g/mol. The van der Waals surface area contributed by atoms with Gasteiger partial charge in [-0.05, 0) is 35.6 Å². The van der Waals surface area contributed by atoms with Gasteiger partial charge in [0.25, 0.3) is 0 Å². The van der Waals surface area contributed by atoms with Crippen LogP contribution < -0.4 is 10.1 Å². The van der Waals surface area contributed by atoms with E-state index in [1.165, 1.54) is 4.90 Å². The lowest BCUT2D eigenvalue weighted by Gasteiger charge is -2.26. The topological polar surface area (TPSA) is 77.2 Å². The molecule has 7 heteroatoms. The molecule has 0 aliphatic carbocycles. The molecular formula is C25H21N3O3S. The Kier molecular flexibility index (Phi) is 5.64. The third kappa shape index (κ3) is 4.11. The summed E-state index contributed by atoms with van der Waals surface area (Å²) in [7, 11) is 0. The predicted molar refractivity (Wildman–Crippen MR) is 123 cm³/mol. The lowest BCUT2D eigenvalue weighted by Crippen LogP contribution is -2.25. The van der Waals surface area contributed by atoms with Gasteiger partial charge in [-0.15, -0.1) is 16.9 Å². The van der Waals surface area contributed by atoms with Gasteiger partial charge < -0.3 is 9.15 Å². The zero-order chi connectivity index (χ0) is 21.9. The zero-order valence-corrected chi connectivity index (χ0v) is 18.3. The summed E-state index contributed by atoms with van der Waals surface area (Å²) >= 11 is 1.80. The predicted octanol–water partition coefficient (Wildman–Crippen LogP) is 5.65. The van der Waals surface area contributed by atoms with Crippen LogP contribution in [0.2, 0.25) is 0 Å².